The molecule has 0 bridgehead atoms. The molecule has 0 unspecified atom stereocenters. The summed E-state index contributed by atoms with van der Waals surface area (Å²) in [5, 5.41) is 5.19. The Hall–Kier alpha value is -3.11. The van der Waals surface area contributed by atoms with Gasteiger partial charge >= 0.3 is 0 Å². The van der Waals surface area contributed by atoms with Gasteiger partial charge in [0.1, 0.15) is 18.7 Å². The van der Waals surface area contributed by atoms with E-state index in [1.165, 1.54) is 5.56 Å². The van der Waals surface area contributed by atoms with Crippen LogP contribution >= 0.6 is 11.6 Å². The third kappa shape index (κ3) is 4.54. The van der Waals surface area contributed by atoms with Gasteiger partial charge in [0.25, 0.3) is 0 Å². The van der Waals surface area contributed by atoms with E-state index in [1.54, 1.807) is 6.33 Å². The van der Waals surface area contributed by atoms with E-state index in [2.05, 4.69) is 27.4 Å². The van der Waals surface area contributed by atoms with Crippen molar-refractivity contribution in [2.75, 3.05) is 5.32 Å². The molecule has 0 aliphatic rings. The Labute approximate surface area is 162 Å². The number of halogens is 1. The minimum Gasteiger partial charge on any atom is -0.489 e. The second-order valence-corrected chi connectivity index (χ2v) is 6.65. The number of nitrogens with zero attached hydrogens (tertiary/aromatic N) is 2. The molecule has 4 aromatic rings. The topological polar surface area (TPSA) is 47.0 Å². The minimum atomic E-state index is 0.522. The number of hydrogen-bond acceptors (Lipinski definition) is 4. The fourth-order valence-electron chi connectivity index (χ4n) is 2.74. The first-order chi connectivity index (χ1) is 13.3. The predicted octanol–water partition coefficient (Wildman–Crippen LogP) is 5.47. The second-order valence-electron chi connectivity index (χ2n) is 6.21. The van der Waals surface area contributed by atoms with E-state index >= 15 is 0 Å². The Bertz CT molecular complexity index is 1030. The molecule has 0 saturated carbocycles. The predicted molar refractivity (Wildman–Crippen MR) is 109 cm³/mol. The third-order valence-corrected chi connectivity index (χ3v) is 4.50. The maximum absolute atomic E-state index is 5.90. The van der Waals surface area contributed by atoms with Crippen LogP contribution in [0.5, 0.6) is 5.75 Å². The average molecular weight is 376 g/mol. The van der Waals surface area contributed by atoms with Gasteiger partial charge in [-0.2, -0.15) is 0 Å². The smallest absolute Gasteiger partial charge is 0.119 e. The molecule has 4 rings (SSSR count). The maximum Gasteiger partial charge on any atom is 0.119 e. The molecule has 1 N–H and O–H groups in total. The van der Waals surface area contributed by atoms with Crippen molar-refractivity contribution in [2.45, 2.75) is 13.2 Å². The van der Waals surface area contributed by atoms with Crippen molar-refractivity contribution in [3.8, 4) is 5.75 Å². The maximum atomic E-state index is 5.90. The molecule has 4 nitrogen and oxygen atoms in total. The molecule has 0 fully saturated rings. The zero-order valence-corrected chi connectivity index (χ0v) is 15.4. The van der Waals surface area contributed by atoms with Crippen molar-refractivity contribution in [3.63, 3.8) is 0 Å². The first kappa shape index (κ1) is 17.3. The highest BCUT2D eigenvalue weighted by molar-refractivity contribution is 6.30. The van der Waals surface area contributed by atoms with Gasteiger partial charge < -0.3 is 10.1 Å². The molecule has 0 radical (unpaired) electrons. The number of nitrogens with one attached hydrogen (secondary N) is 1. The van der Waals surface area contributed by atoms with Crippen LogP contribution in [0.3, 0.4) is 0 Å². The second kappa shape index (κ2) is 8.06. The van der Waals surface area contributed by atoms with Crippen molar-refractivity contribution in [2.24, 2.45) is 0 Å². The molecule has 0 spiro atoms. The SMILES string of the molecule is Clc1ccc(COc2ccc(CNc3ccc4cncnc4c3)cc2)cc1. The molecular formula is C22H18ClN3O. The molecule has 134 valence electrons. The lowest BCUT2D eigenvalue weighted by atomic mass is 10.2. The molecular weight excluding hydrogens is 358 g/mol. The largest absolute Gasteiger partial charge is 0.489 e. The summed E-state index contributed by atoms with van der Waals surface area (Å²) in [7, 11) is 0. The van der Waals surface area contributed by atoms with E-state index in [0.717, 1.165) is 39.5 Å². The summed E-state index contributed by atoms with van der Waals surface area (Å²) in [5.74, 6) is 0.844. The van der Waals surface area contributed by atoms with Crippen LogP contribution in [0.1, 0.15) is 11.1 Å². The molecule has 27 heavy (non-hydrogen) atoms. The van der Waals surface area contributed by atoms with Crippen molar-refractivity contribution >= 4 is 28.2 Å². The lowest BCUT2D eigenvalue weighted by molar-refractivity contribution is 0.306. The first-order valence-corrected chi connectivity index (χ1v) is 9.04. The monoisotopic (exact) mass is 375 g/mol. The highest BCUT2D eigenvalue weighted by atomic mass is 35.5. The van der Waals surface area contributed by atoms with Crippen LogP contribution in [0.15, 0.2) is 79.3 Å². The van der Waals surface area contributed by atoms with Crippen molar-refractivity contribution in [1.82, 2.24) is 9.97 Å². The normalized spacial score (nSPS) is 10.7. The summed E-state index contributed by atoms with van der Waals surface area (Å²) in [4.78, 5) is 8.32. The zero-order valence-electron chi connectivity index (χ0n) is 14.6. The standard InChI is InChI=1S/C22H18ClN3O/c23-19-6-1-17(2-7-19)14-27-21-9-3-16(4-10-21)12-25-20-8-5-18-13-24-15-26-22(18)11-20/h1-11,13,15,25H,12,14H2. The number of anilines is 1. The lowest BCUT2D eigenvalue weighted by Crippen LogP contribution is -2.00. The van der Waals surface area contributed by atoms with Crippen LogP contribution in [0.2, 0.25) is 5.02 Å². The molecule has 0 saturated heterocycles. The summed E-state index contributed by atoms with van der Waals surface area (Å²) < 4.78 is 5.82. The first-order valence-electron chi connectivity index (χ1n) is 8.66. The molecule has 0 atom stereocenters. The number of benzene rings is 3. The number of hydrogen-bond donors (Lipinski definition) is 1. The fraction of sp³-hybridized carbons (Fsp3) is 0.0909. The van der Waals surface area contributed by atoms with Gasteiger partial charge in [-0.1, -0.05) is 35.9 Å². The minimum absolute atomic E-state index is 0.522. The Morgan fingerprint density at radius 1 is 0.889 bits per heavy atom. The van der Waals surface area contributed by atoms with E-state index in [-0.39, 0.29) is 0 Å². The van der Waals surface area contributed by atoms with E-state index in [1.807, 2.05) is 60.8 Å². The van der Waals surface area contributed by atoms with Crippen LogP contribution in [-0.4, -0.2) is 9.97 Å². The summed E-state index contributed by atoms with van der Waals surface area (Å²) in [5.41, 5.74) is 4.23. The average Bonchev–Trinajstić information content (AvgIpc) is 2.72. The summed E-state index contributed by atoms with van der Waals surface area (Å²) in [6.07, 6.45) is 3.38. The Kier molecular flexibility index (Phi) is 5.17. The molecule has 1 aromatic heterocycles. The number of rotatable bonds is 6. The van der Waals surface area contributed by atoms with E-state index in [9.17, 15) is 0 Å². The Morgan fingerprint density at radius 3 is 2.48 bits per heavy atom. The summed E-state index contributed by atoms with van der Waals surface area (Å²) >= 11 is 5.90. The summed E-state index contributed by atoms with van der Waals surface area (Å²) in [6.45, 7) is 1.25. The lowest BCUT2D eigenvalue weighted by Gasteiger charge is -2.09. The van der Waals surface area contributed by atoms with Crippen LogP contribution in [0.25, 0.3) is 10.9 Å². The van der Waals surface area contributed by atoms with Crippen molar-refractivity contribution < 1.29 is 4.74 Å². The number of aromatic nitrogens is 2. The van der Waals surface area contributed by atoms with Crippen LogP contribution in [-0.2, 0) is 13.2 Å². The van der Waals surface area contributed by atoms with Crippen LogP contribution in [0.4, 0.5) is 5.69 Å². The number of fused-ring (bicyclic) bond motifs is 1. The molecule has 0 aliphatic heterocycles. The van der Waals surface area contributed by atoms with Crippen molar-refractivity contribution in [1.29, 1.82) is 0 Å². The van der Waals surface area contributed by atoms with Crippen LogP contribution in [0, 0.1) is 0 Å². The van der Waals surface area contributed by atoms with E-state index < -0.39 is 0 Å². The molecule has 0 amide bonds. The Balaban J connectivity index is 1.33. The zero-order chi connectivity index (χ0) is 18.5. The Morgan fingerprint density at radius 2 is 1.67 bits per heavy atom. The quantitative estimate of drug-likeness (QED) is 0.485. The molecule has 0 aliphatic carbocycles. The molecule has 1 heterocycles. The van der Waals surface area contributed by atoms with Gasteiger partial charge in [-0.05, 0) is 53.6 Å². The van der Waals surface area contributed by atoms with E-state index in [0.29, 0.717) is 6.61 Å². The highest BCUT2D eigenvalue weighted by Crippen LogP contribution is 2.19. The van der Waals surface area contributed by atoms with Gasteiger partial charge in [-0.25, -0.2) is 9.97 Å². The van der Waals surface area contributed by atoms with Gasteiger partial charge in [-0.3, -0.25) is 0 Å². The van der Waals surface area contributed by atoms with Gasteiger partial charge in [0.15, 0.2) is 0 Å². The summed E-state index contributed by atoms with van der Waals surface area (Å²) in [6, 6.07) is 21.9. The van der Waals surface area contributed by atoms with Gasteiger partial charge in [0.05, 0.1) is 5.52 Å². The van der Waals surface area contributed by atoms with Crippen molar-refractivity contribution in [3.05, 3.63) is 95.4 Å². The van der Waals surface area contributed by atoms with Crippen LogP contribution < -0.4 is 10.1 Å². The molecule has 3 aromatic carbocycles. The van der Waals surface area contributed by atoms with Gasteiger partial charge in [0, 0.05) is 28.8 Å². The third-order valence-electron chi connectivity index (χ3n) is 4.25. The molecule has 5 heteroatoms. The highest BCUT2D eigenvalue weighted by Gasteiger charge is 2.00. The fourth-order valence-corrected chi connectivity index (χ4v) is 2.86. The van der Waals surface area contributed by atoms with E-state index in [4.69, 9.17) is 16.3 Å². The van der Waals surface area contributed by atoms with Gasteiger partial charge in [-0.15, -0.1) is 0 Å². The number of ether oxygens (including phenoxy) is 1. The van der Waals surface area contributed by atoms with Gasteiger partial charge in [0.2, 0.25) is 0 Å².